The molecular weight excluding hydrogens is 1370 g/mol. The van der Waals surface area contributed by atoms with E-state index in [2.05, 4.69) is 145 Å². The van der Waals surface area contributed by atoms with Crippen LogP contribution >= 0.6 is 0 Å². The number of allylic oxidation sites excluding steroid dienone is 4. The van der Waals surface area contributed by atoms with Gasteiger partial charge in [-0.05, 0) is 62.2 Å². The molecule has 0 bridgehead atoms. The van der Waals surface area contributed by atoms with E-state index < -0.39 is 0 Å². The summed E-state index contributed by atoms with van der Waals surface area (Å²) in [5.41, 5.74) is 18.5. The second-order valence-electron chi connectivity index (χ2n) is 21.9. The van der Waals surface area contributed by atoms with Crippen LogP contribution in [0.25, 0.3) is 10.6 Å². The Balaban J connectivity index is 0.000000451. The van der Waals surface area contributed by atoms with Crippen molar-refractivity contribution in [2.24, 2.45) is 9.98 Å². The van der Waals surface area contributed by atoms with Crippen molar-refractivity contribution in [3.8, 4) is 0 Å². The quantitative estimate of drug-likeness (QED) is 0.0628. The minimum atomic E-state index is 0. The van der Waals surface area contributed by atoms with Gasteiger partial charge in [0.25, 0.3) is 0 Å². The van der Waals surface area contributed by atoms with Gasteiger partial charge >= 0.3 is 51.7 Å². The van der Waals surface area contributed by atoms with Crippen molar-refractivity contribution in [3.05, 3.63) is 350 Å². The summed E-state index contributed by atoms with van der Waals surface area (Å²) in [4.78, 5) is 10.0. The molecule has 6 heteroatoms. The first kappa shape index (κ1) is 75.2. The van der Waals surface area contributed by atoms with E-state index >= 15 is 0 Å². The Morgan fingerprint density at radius 3 is 0.698 bits per heavy atom. The zero-order valence-electron chi connectivity index (χ0n) is 52.9. The molecule has 0 aromatic heterocycles. The van der Waals surface area contributed by atoms with E-state index in [1.54, 1.807) is 0 Å². The Kier molecular flexibility index (Phi) is 38.2. The van der Waals surface area contributed by atoms with Crippen molar-refractivity contribution in [3.63, 3.8) is 0 Å². The van der Waals surface area contributed by atoms with Crippen LogP contribution < -0.4 is 0 Å². The number of nitrogens with zero attached hydrogens (tertiary/aromatic N) is 4. The number of hydrogen-bond donors (Lipinski definition) is 0. The van der Waals surface area contributed by atoms with E-state index in [0.29, 0.717) is 23.7 Å². The molecule has 8 aromatic carbocycles. The maximum atomic E-state index is 5.22. The van der Waals surface area contributed by atoms with Gasteiger partial charge in [-0.25, -0.2) is 0 Å². The van der Waals surface area contributed by atoms with Gasteiger partial charge in [-0.15, -0.1) is 95.6 Å². The molecule has 0 aliphatic heterocycles. The Bertz CT molecular complexity index is 2700. The summed E-state index contributed by atoms with van der Waals surface area (Å²) in [6.07, 6.45) is 10.7. The van der Waals surface area contributed by atoms with Crippen LogP contribution in [0.1, 0.15) is 173 Å². The van der Waals surface area contributed by atoms with Crippen LogP contribution in [0, 0.1) is 41.5 Å². The van der Waals surface area contributed by atoms with Crippen molar-refractivity contribution in [1.29, 1.82) is 0 Å². The molecule has 0 saturated heterocycles. The van der Waals surface area contributed by atoms with E-state index in [1.807, 2.05) is 182 Å². The molecule has 10 rings (SSSR count). The fraction of sp³-hybridized carbons (Fsp3) is 0.250. The summed E-state index contributed by atoms with van der Waals surface area (Å²) in [5, 5.41) is 10.4. The standard InChI is InChI=1S/C38H52N4.6C7H7.2Hf/c1-25(2)29-15-11-16-30(26(3)4)37(29)41-35-21-13-19-33(35)39-23-9-10-24-40-34-20-14-22-36(34)42-38-31(27(5)6)17-12-18-32(38)28(7)8;6*1-7-5-3-2-4-6-7;;/h11-12,15-18,21-22,25-28H,9-10,13-14,19-20,23-24H2,1-8H3;6*2-6H,1H2;;/q-2;6*-1;2*+4. The number of hydrogen-bond acceptors (Lipinski definition) is 2. The van der Waals surface area contributed by atoms with E-state index in [-0.39, 0.29) is 51.7 Å². The van der Waals surface area contributed by atoms with Gasteiger partial charge in [0.05, 0.1) is 0 Å². The van der Waals surface area contributed by atoms with Crippen LogP contribution in [-0.2, 0) is 51.7 Å². The summed E-state index contributed by atoms with van der Waals surface area (Å²) in [5.74, 6) is 1.77. The number of para-hydroxylation sites is 2. The smallest absolute Gasteiger partial charge is 0.656 e. The normalized spacial score (nSPS) is 12.7. The van der Waals surface area contributed by atoms with Gasteiger partial charge in [0.1, 0.15) is 0 Å². The molecule has 0 radical (unpaired) electrons. The average molecular weight is 1470 g/mol. The minimum absolute atomic E-state index is 0. The molecule has 86 heavy (non-hydrogen) atoms. The summed E-state index contributed by atoms with van der Waals surface area (Å²) < 4.78 is 0. The molecule has 0 saturated carbocycles. The zero-order chi connectivity index (χ0) is 60.9. The molecule has 0 N–H and O–H groups in total. The predicted octanol–water partition coefficient (Wildman–Crippen LogP) is 23.1. The van der Waals surface area contributed by atoms with Crippen LogP contribution in [0.5, 0.6) is 0 Å². The van der Waals surface area contributed by atoms with Gasteiger partial charge in [0, 0.05) is 24.5 Å². The molecule has 4 nitrogen and oxygen atoms in total. The van der Waals surface area contributed by atoms with Gasteiger partial charge in [0.2, 0.25) is 0 Å². The van der Waals surface area contributed by atoms with Gasteiger partial charge in [-0.2, -0.15) is 148 Å². The van der Waals surface area contributed by atoms with Crippen LogP contribution in [0.4, 0.5) is 11.4 Å². The molecule has 0 spiro atoms. The monoisotopic (exact) mass is 1470 g/mol. The van der Waals surface area contributed by atoms with E-state index in [0.717, 1.165) is 108 Å². The first-order chi connectivity index (χ1) is 40.5. The summed E-state index contributed by atoms with van der Waals surface area (Å²) in [7, 11) is 0. The van der Waals surface area contributed by atoms with E-state index in [9.17, 15) is 0 Å². The van der Waals surface area contributed by atoms with E-state index in [4.69, 9.17) is 20.6 Å². The van der Waals surface area contributed by atoms with E-state index in [1.165, 1.54) is 33.7 Å². The Labute approximate surface area is 560 Å². The first-order valence-corrected chi connectivity index (χ1v) is 29.9. The molecule has 8 aromatic rings. The fourth-order valence-electron chi connectivity index (χ4n) is 8.77. The van der Waals surface area contributed by atoms with Gasteiger partial charge in [0.15, 0.2) is 0 Å². The third kappa shape index (κ3) is 30.0. The minimum Gasteiger partial charge on any atom is -0.656 e. The third-order valence-electron chi connectivity index (χ3n) is 13.4. The fourth-order valence-corrected chi connectivity index (χ4v) is 8.77. The summed E-state index contributed by atoms with van der Waals surface area (Å²) in [6, 6.07) is 72.5. The maximum Gasteiger partial charge on any atom is 4.00 e. The number of rotatable bonds is 13. The van der Waals surface area contributed by atoms with Crippen LogP contribution in [0.2, 0.25) is 0 Å². The van der Waals surface area contributed by atoms with Crippen LogP contribution in [-0.4, -0.2) is 24.5 Å². The molecule has 0 fully saturated rings. The predicted molar refractivity (Wildman–Crippen MR) is 369 cm³/mol. The molecule has 0 amide bonds. The van der Waals surface area contributed by atoms with Gasteiger partial charge < -0.3 is 10.6 Å². The van der Waals surface area contributed by atoms with Crippen molar-refractivity contribution in [2.45, 2.75) is 118 Å². The Morgan fingerprint density at radius 1 is 0.314 bits per heavy atom. The molecular formula is C80H94Hf2N4. The summed E-state index contributed by atoms with van der Waals surface area (Å²) >= 11 is 0. The topological polar surface area (TPSA) is 52.9 Å². The van der Waals surface area contributed by atoms with Crippen molar-refractivity contribution < 1.29 is 51.7 Å². The molecule has 0 unspecified atom stereocenters. The van der Waals surface area contributed by atoms with Crippen molar-refractivity contribution in [2.75, 3.05) is 13.1 Å². The molecule has 442 valence electrons. The Hall–Kier alpha value is -6.86. The molecule has 0 heterocycles. The number of benzene rings is 8. The van der Waals surface area contributed by atoms with Crippen molar-refractivity contribution in [1.82, 2.24) is 0 Å². The molecule has 2 aliphatic rings. The largest absolute Gasteiger partial charge is 4.00 e. The second kappa shape index (κ2) is 43.7. The number of aliphatic imine (C=N–C) groups is 2. The summed E-state index contributed by atoms with van der Waals surface area (Å²) in [6.45, 7) is 42.0. The average Bonchev–Trinajstić information content (AvgIpc) is 2.00. The van der Waals surface area contributed by atoms with Gasteiger partial charge in [-0.1, -0.05) is 163 Å². The number of unbranched alkanes of at least 4 members (excludes halogenated alkanes) is 1. The van der Waals surface area contributed by atoms with Crippen LogP contribution in [0.3, 0.4) is 0 Å². The first-order valence-electron chi connectivity index (χ1n) is 29.9. The molecule has 2 aliphatic carbocycles. The van der Waals surface area contributed by atoms with Crippen LogP contribution in [0.15, 0.2) is 252 Å². The van der Waals surface area contributed by atoms with Crippen molar-refractivity contribution >= 4 is 22.8 Å². The SMILES string of the molecule is CC(C)c1cccc(C(C)C)c1[N-]C1=CCCC1=NCCCCN=C1CCC=C1[N-]c1c(C(C)C)cccc1C(C)C.[CH2-]c1ccccc1.[CH2-]c1ccccc1.[CH2-]c1ccccc1.[CH2-]c1ccccc1.[CH2-]c1ccccc1.[CH2-]c1ccccc1.[Hf+4].[Hf+4]. The second-order valence-corrected chi connectivity index (χ2v) is 21.9. The Morgan fingerprint density at radius 2 is 0.523 bits per heavy atom. The zero-order valence-corrected chi connectivity index (χ0v) is 60.1. The maximum absolute atomic E-state index is 5.22. The third-order valence-corrected chi connectivity index (χ3v) is 13.4. The van der Waals surface area contributed by atoms with Gasteiger partial charge in [-0.3, -0.25) is 9.98 Å². The molecule has 0 atom stereocenters.